The third kappa shape index (κ3) is 3.46. The molecule has 1 saturated heterocycles. The summed E-state index contributed by atoms with van der Waals surface area (Å²) in [5.74, 6) is 0.604. The van der Waals surface area contributed by atoms with Crippen molar-refractivity contribution in [2.45, 2.75) is 6.54 Å². The van der Waals surface area contributed by atoms with E-state index in [2.05, 4.69) is 15.2 Å². The highest BCUT2D eigenvalue weighted by atomic mass is 19.1. The summed E-state index contributed by atoms with van der Waals surface area (Å²) in [6.07, 6.45) is 3.42. The van der Waals surface area contributed by atoms with Crippen molar-refractivity contribution in [1.82, 2.24) is 20.1 Å². The van der Waals surface area contributed by atoms with Gasteiger partial charge in [-0.15, -0.1) is 0 Å². The SMILES string of the molecule is COc1nc(N2CCN(Cc3cccc(F)c3OC)C2=O)ccc1-c1cn[nH]c1. The van der Waals surface area contributed by atoms with Gasteiger partial charge in [0, 0.05) is 36.0 Å². The summed E-state index contributed by atoms with van der Waals surface area (Å²) in [6, 6.07) is 8.10. The van der Waals surface area contributed by atoms with Gasteiger partial charge >= 0.3 is 6.03 Å². The number of pyridine rings is 1. The van der Waals surface area contributed by atoms with Gasteiger partial charge in [0.25, 0.3) is 0 Å². The van der Waals surface area contributed by atoms with Gasteiger partial charge < -0.3 is 14.4 Å². The van der Waals surface area contributed by atoms with E-state index >= 15 is 0 Å². The van der Waals surface area contributed by atoms with E-state index in [1.807, 2.05) is 6.07 Å². The highest BCUT2D eigenvalue weighted by Crippen LogP contribution is 2.31. The number of amides is 2. The molecule has 29 heavy (non-hydrogen) atoms. The van der Waals surface area contributed by atoms with Crippen LogP contribution >= 0.6 is 0 Å². The monoisotopic (exact) mass is 397 g/mol. The van der Waals surface area contributed by atoms with Crippen LogP contribution in [0, 0.1) is 5.82 Å². The van der Waals surface area contributed by atoms with Gasteiger partial charge in [-0.2, -0.15) is 10.1 Å². The molecule has 0 bridgehead atoms. The zero-order valence-electron chi connectivity index (χ0n) is 16.1. The summed E-state index contributed by atoms with van der Waals surface area (Å²) >= 11 is 0. The molecule has 1 N–H and O–H groups in total. The fourth-order valence-electron chi connectivity index (χ4n) is 3.41. The lowest BCUT2D eigenvalue weighted by Gasteiger charge is -2.20. The molecule has 0 aliphatic carbocycles. The second kappa shape index (κ2) is 7.78. The topological polar surface area (TPSA) is 83.6 Å². The molecule has 1 aliphatic heterocycles. The van der Waals surface area contributed by atoms with Gasteiger partial charge in [0.2, 0.25) is 5.88 Å². The summed E-state index contributed by atoms with van der Waals surface area (Å²) in [6.45, 7) is 1.21. The van der Waals surface area contributed by atoms with E-state index < -0.39 is 5.82 Å². The molecule has 0 spiro atoms. The minimum atomic E-state index is -0.449. The number of para-hydroxylation sites is 1. The molecule has 4 rings (SSSR count). The van der Waals surface area contributed by atoms with Gasteiger partial charge in [-0.1, -0.05) is 12.1 Å². The number of benzene rings is 1. The fourth-order valence-corrected chi connectivity index (χ4v) is 3.41. The molecule has 2 amide bonds. The lowest BCUT2D eigenvalue weighted by atomic mass is 10.1. The van der Waals surface area contributed by atoms with Crippen molar-refractivity contribution in [3.05, 3.63) is 54.1 Å². The van der Waals surface area contributed by atoms with Crippen molar-refractivity contribution in [2.75, 3.05) is 32.2 Å². The molecule has 3 aromatic rings. The maximum Gasteiger partial charge on any atom is 0.326 e. The predicted octanol–water partition coefficient (Wildman–Crippen LogP) is 3.07. The largest absolute Gasteiger partial charge is 0.493 e. The summed E-state index contributed by atoms with van der Waals surface area (Å²) in [5.41, 5.74) is 2.23. The Kier molecular flexibility index (Phi) is 5.03. The zero-order valence-corrected chi connectivity index (χ0v) is 16.1. The van der Waals surface area contributed by atoms with Crippen LogP contribution in [0.4, 0.5) is 15.0 Å². The van der Waals surface area contributed by atoms with Gasteiger partial charge in [-0.25, -0.2) is 9.18 Å². The number of aromatic amines is 1. The Morgan fingerprint density at radius 2 is 2.03 bits per heavy atom. The Bertz CT molecular complexity index is 1020. The highest BCUT2D eigenvalue weighted by Gasteiger charge is 2.31. The average Bonchev–Trinajstić information content (AvgIpc) is 3.38. The molecule has 1 fully saturated rings. The number of carbonyl (C=O) groups excluding carboxylic acids is 1. The van der Waals surface area contributed by atoms with Crippen LogP contribution in [0.3, 0.4) is 0 Å². The first-order valence-corrected chi connectivity index (χ1v) is 9.04. The van der Waals surface area contributed by atoms with Crippen molar-refractivity contribution in [2.24, 2.45) is 0 Å². The number of ether oxygens (including phenoxy) is 2. The molecule has 150 valence electrons. The Morgan fingerprint density at radius 1 is 1.17 bits per heavy atom. The number of hydrogen-bond donors (Lipinski definition) is 1. The smallest absolute Gasteiger partial charge is 0.326 e. The predicted molar refractivity (Wildman–Crippen MR) is 104 cm³/mol. The molecular formula is C20H20FN5O3. The number of nitrogens with zero attached hydrogens (tertiary/aromatic N) is 4. The van der Waals surface area contributed by atoms with Crippen LogP contribution in [0.1, 0.15) is 5.56 Å². The van der Waals surface area contributed by atoms with E-state index in [1.165, 1.54) is 20.3 Å². The van der Waals surface area contributed by atoms with Crippen LogP contribution in [0.5, 0.6) is 11.6 Å². The first kappa shape index (κ1) is 18.7. The molecular weight excluding hydrogens is 377 g/mol. The molecule has 0 unspecified atom stereocenters. The number of H-pyrrole nitrogens is 1. The third-order valence-corrected chi connectivity index (χ3v) is 4.83. The van der Waals surface area contributed by atoms with Crippen LogP contribution in [-0.4, -0.2) is 53.4 Å². The van der Waals surface area contributed by atoms with Crippen LogP contribution in [0.25, 0.3) is 11.1 Å². The first-order valence-electron chi connectivity index (χ1n) is 9.04. The first-order chi connectivity index (χ1) is 14.1. The second-order valence-corrected chi connectivity index (χ2v) is 6.50. The molecule has 9 heteroatoms. The van der Waals surface area contributed by atoms with E-state index in [1.54, 1.807) is 40.4 Å². The Hall–Kier alpha value is -3.62. The lowest BCUT2D eigenvalue weighted by molar-refractivity contribution is 0.218. The Balaban J connectivity index is 1.56. The van der Waals surface area contributed by atoms with E-state index in [-0.39, 0.29) is 18.3 Å². The molecule has 8 nitrogen and oxygen atoms in total. The molecule has 0 saturated carbocycles. The molecule has 2 aromatic heterocycles. The van der Waals surface area contributed by atoms with Crippen LogP contribution in [-0.2, 0) is 6.54 Å². The second-order valence-electron chi connectivity index (χ2n) is 6.50. The number of halogens is 1. The summed E-state index contributed by atoms with van der Waals surface area (Å²) in [7, 11) is 2.95. The molecule has 3 heterocycles. The van der Waals surface area contributed by atoms with Crippen LogP contribution in [0.2, 0.25) is 0 Å². The van der Waals surface area contributed by atoms with Crippen LogP contribution in [0.15, 0.2) is 42.7 Å². The van der Waals surface area contributed by atoms with E-state index in [0.717, 1.165) is 11.1 Å². The zero-order chi connectivity index (χ0) is 20.4. The standard InChI is InChI=1S/C20H20FN5O3/c1-28-18-13(4-3-5-16(18)21)12-25-8-9-26(20(25)27)17-7-6-15(19(24-17)29-2)14-10-22-23-11-14/h3-7,10-11H,8-9,12H2,1-2H3,(H,22,23). The lowest BCUT2D eigenvalue weighted by Crippen LogP contribution is -2.32. The van der Waals surface area contributed by atoms with Crippen molar-refractivity contribution >= 4 is 11.8 Å². The summed E-state index contributed by atoms with van der Waals surface area (Å²) in [4.78, 5) is 20.6. The van der Waals surface area contributed by atoms with Crippen molar-refractivity contribution < 1.29 is 18.7 Å². The Morgan fingerprint density at radius 3 is 2.76 bits per heavy atom. The number of anilines is 1. The third-order valence-electron chi connectivity index (χ3n) is 4.83. The molecule has 0 atom stereocenters. The summed E-state index contributed by atoms with van der Waals surface area (Å²) < 4.78 is 24.5. The highest BCUT2D eigenvalue weighted by molar-refractivity contribution is 5.93. The minimum absolute atomic E-state index is 0.156. The van der Waals surface area contributed by atoms with Gasteiger partial charge in [-0.05, 0) is 18.2 Å². The number of nitrogens with one attached hydrogen (secondary N) is 1. The minimum Gasteiger partial charge on any atom is -0.493 e. The van der Waals surface area contributed by atoms with E-state index in [9.17, 15) is 9.18 Å². The number of hydrogen-bond acceptors (Lipinski definition) is 5. The van der Waals surface area contributed by atoms with Crippen molar-refractivity contribution in [3.8, 4) is 22.8 Å². The number of carbonyl (C=O) groups is 1. The number of urea groups is 1. The van der Waals surface area contributed by atoms with Crippen molar-refractivity contribution in [3.63, 3.8) is 0 Å². The quantitative estimate of drug-likeness (QED) is 0.691. The van der Waals surface area contributed by atoms with E-state index in [0.29, 0.717) is 30.4 Å². The Labute approximate surface area is 166 Å². The molecule has 1 aliphatic rings. The molecule has 0 radical (unpaired) electrons. The number of methoxy groups -OCH3 is 2. The van der Waals surface area contributed by atoms with E-state index in [4.69, 9.17) is 9.47 Å². The number of aromatic nitrogens is 3. The molecule has 1 aromatic carbocycles. The van der Waals surface area contributed by atoms with Crippen LogP contribution < -0.4 is 14.4 Å². The average molecular weight is 397 g/mol. The van der Waals surface area contributed by atoms with Gasteiger partial charge in [0.1, 0.15) is 5.82 Å². The summed E-state index contributed by atoms with van der Waals surface area (Å²) in [5, 5.41) is 6.70. The normalized spacial score (nSPS) is 13.8. The van der Waals surface area contributed by atoms with Gasteiger partial charge in [0.05, 0.1) is 27.0 Å². The van der Waals surface area contributed by atoms with Crippen molar-refractivity contribution in [1.29, 1.82) is 0 Å². The fraction of sp³-hybridized carbons (Fsp3) is 0.250. The maximum atomic E-state index is 13.9. The maximum absolute atomic E-state index is 13.9. The number of rotatable bonds is 6. The van der Waals surface area contributed by atoms with Gasteiger partial charge in [0.15, 0.2) is 11.6 Å². The van der Waals surface area contributed by atoms with Gasteiger partial charge in [-0.3, -0.25) is 10.00 Å².